The van der Waals surface area contributed by atoms with Crippen LogP contribution in [0.25, 0.3) is 0 Å². The number of piperazine rings is 1. The van der Waals surface area contributed by atoms with Gasteiger partial charge in [0.25, 0.3) is 11.8 Å². The molecule has 172 valence electrons. The lowest BCUT2D eigenvalue weighted by molar-refractivity contribution is -0.114. The number of amides is 2. The number of halogens is 2. The Kier molecular flexibility index (Phi) is 7.16. The fourth-order valence-electron chi connectivity index (χ4n) is 4.42. The minimum atomic E-state index is -1.11. The van der Waals surface area contributed by atoms with Gasteiger partial charge in [0.05, 0.1) is 11.4 Å². The third kappa shape index (κ3) is 4.99. The van der Waals surface area contributed by atoms with Gasteiger partial charge in [-0.2, -0.15) is 0 Å². The van der Waals surface area contributed by atoms with E-state index in [-0.39, 0.29) is 5.91 Å². The molecule has 7 nitrogen and oxygen atoms in total. The van der Waals surface area contributed by atoms with Crippen molar-refractivity contribution in [3.63, 3.8) is 0 Å². The number of aryl methyl sites for hydroxylation is 1. The number of benzene rings is 1. The highest BCUT2D eigenvalue weighted by molar-refractivity contribution is 6.54. The van der Waals surface area contributed by atoms with Gasteiger partial charge < -0.3 is 24.6 Å². The van der Waals surface area contributed by atoms with Crippen molar-refractivity contribution in [2.45, 2.75) is 24.1 Å². The van der Waals surface area contributed by atoms with Crippen LogP contribution in [-0.4, -0.2) is 65.4 Å². The van der Waals surface area contributed by atoms with Gasteiger partial charge >= 0.3 is 0 Å². The van der Waals surface area contributed by atoms with Crippen molar-refractivity contribution in [3.05, 3.63) is 42.2 Å². The molecule has 0 saturated carbocycles. The van der Waals surface area contributed by atoms with Crippen molar-refractivity contribution in [1.29, 1.82) is 0 Å². The Labute approximate surface area is 198 Å². The van der Waals surface area contributed by atoms with Gasteiger partial charge in [0.2, 0.25) is 0 Å². The van der Waals surface area contributed by atoms with Crippen LogP contribution in [0.1, 0.15) is 29.8 Å². The zero-order chi connectivity index (χ0) is 22.7. The number of aromatic nitrogens is 1. The minimum Gasteiger partial charge on any atom is -0.370 e. The maximum atomic E-state index is 12.8. The van der Waals surface area contributed by atoms with Crippen molar-refractivity contribution in [2.75, 3.05) is 54.4 Å². The quantitative estimate of drug-likeness (QED) is 0.666. The molecule has 2 aliphatic heterocycles. The summed E-state index contributed by atoms with van der Waals surface area (Å²) in [6.07, 6.45) is 5.37. The summed E-state index contributed by atoms with van der Waals surface area (Å²) >= 11 is 11.5. The topological polar surface area (TPSA) is 60.8 Å². The van der Waals surface area contributed by atoms with Crippen molar-refractivity contribution >= 4 is 52.1 Å². The van der Waals surface area contributed by atoms with Gasteiger partial charge in [-0.25, -0.2) is 0 Å². The van der Waals surface area contributed by atoms with Crippen LogP contribution in [0.15, 0.2) is 36.5 Å². The highest BCUT2D eigenvalue weighted by Gasteiger charge is 2.25. The van der Waals surface area contributed by atoms with E-state index in [2.05, 4.69) is 21.2 Å². The van der Waals surface area contributed by atoms with Gasteiger partial charge in [0.1, 0.15) is 5.69 Å². The maximum Gasteiger partial charge on any atom is 0.270 e. The molecular formula is C23H29Cl2N5O2. The van der Waals surface area contributed by atoms with Gasteiger partial charge in [0, 0.05) is 58.2 Å². The highest BCUT2D eigenvalue weighted by Crippen LogP contribution is 2.34. The van der Waals surface area contributed by atoms with Crippen molar-refractivity contribution in [3.8, 4) is 0 Å². The summed E-state index contributed by atoms with van der Waals surface area (Å²) in [5.41, 5.74) is 3.52. The Hall–Kier alpha value is -2.38. The van der Waals surface area contributed by atoms with Crippen molar-refractivity contribution < 1.29 is 9.59 Å². The number of carbonyl (C=O) groups is 2. The Morgan fingerprint density at radius 3 is 2.28 bits per heavy atom. The molecule has 2 aromatic rings. The van der Waals surface area contributed by atoms with Gasteiger partial charge in [-0.15, -0.1) is 0 Å². The van der Waals surface area contributed by atoms with Crippen molar-refractivity contribution in [2.24, 2.45) is 7.05 Å². The number of piperidine rings is 1. The van der Waals surface area contributed by atoms with Crippen molar-refractivity contribution in [1.82, 2.24) is 9.47 Å². The summed E-state index contributed by atoms with van der Waals surface area (Å²) in [5, 5.41) is 2.86. The van der Waals surface area contributed by atoms with Crippen LogP contribution in [0.2, 0.25) is 0 Å². The minimum absolute atomic E-state index is 0.0703. The molecule has 1 aromatic heterocycles. The van der Waals surface area contributed by atoms with E-state index in [9.17, 15) is 9.59 Å². The molecule has 0 unspecified atom stereocenters. The van der Waals surface area contributed by atoms with Gasteiger partial charge in [-0.3, -0.25) is 9.59 Å². The monoisotopic (exact) mass is 477 g/mol. The van der Waals surface area contributed by atoms with Gasteiger partial charge in [-0.05, 0) is 49.6 Å². The van der Waals surface area contributed by atoms with Crippen LogP contribution >= 0.6 is 23.2 Å². The molecule has 0 spiro atoms. The van der Waals surface area contributed by atoms with Crippen LogP contribution < -0.4 is 15.1 Å². The number of hydrogen-bond acceptors (Lipinski definition) is 4. The smallest absolute Gasteiger partial charge is 0.270 e. The number of rotatable bonds is 5. The summed E-state index contributed by atoms with van der Waals surface area (Å²) in [6.45, 7) is 4.76. The fraction of sp³-hybridized carbons (Fsp3) is 0.478. The molecule has 9 heteroatoms. The second kappa shape index (κ2) is 10.0. The molecule has 0 atom stereocenters. The van der Waals surface area contributed by atoms with E-state index in [1.165, 1.54) is 6.42 Å². The van der Waals surface area contributed by atoms with Crippen LogP contribution in [0.4, 0.5) is 17.1 Å². The first-order chi connectivity index (χ1) is 15.4. The molecule has 3 heterocycles. The summed E-state index contributed by atoms with van der Waals surface area (Å²) in [6, 6.07) is 9.82. The molecule has 2 aliphatic rings. The van der Waals surface area contributed by atoms with E-state index in [1.54, 1.807) is 0 Å². The second-order valence-corrected chi connectivity index (χ2v) is 9.42. The highest BCUT2D eigenvalue weighted by atomic mass is 35.5. The Morgan fingerprint density at radius 1 is 0.938 bits per heavy atom. The van der Waals surface area contributed by atoms with Gasteiger partial charge in [-0.1, -0.05) is 23.2 Å². The summed E-state index contributed by atoms with van der Waals surface area (Å²) in [7, 11) is 1.89. The van der Waals surface area contributed by atoms with Crippen LogP contribution in [0.3, 0.4) is 0 Å². The van der Waals surface area contributed by atoms with E-state index in [0.717, 1.165) is 56.1 Å². The standard InChI is InChI=1S/C23H29Cl2N5O2/c1-27-9-5-6-19(27)23(32)30-14-12-28(13-15-30)17-7-8-18(26-22(31)21(24)25)20(16-17)29-10-3-2-4-11-29/h5-9,16,21H,2-4,10-15H2,1H3,(H,26,31). The Balaban J connectivity index is 1.49. The third-order valence-electron chi connectivity index (χ3n) is 6.23. The first kappa shape index (κ1) is 22.8. The molecule has 32 heavy (non-hydrogen) atoms. The second-order valence-electron chi connectivity index (χ2n) is 8.32. The maximum absolute atomic E-state index is 12.8. The summed E-state index contributed by atoms with van der Waals surface area (Å²) < 4.78 is 1.86. The SMILES string of the molecule is Cn1cccc1C(=O)N1CCN(c2ccc(NC(=O)C(Cl)Cl)c(N3CCCCC3)c2)CC1. The summed E-state index contributed by atoms with van der Waals surface area (Å²) in [5.74, 6) is -0.354. The zero-order valence-corrected chi connectivity index (χ0v) is 19.8. The third-order valence-corrected chi connectivity index (χ3v) is 6.63. The van der Waals surface area contributed by atoms with E-state index in [0.29, 0.717) is 18.8 Å². The van der Waals surface area contributed by atoms with E-state index in [1.807, 2.05) is 47.0 Å². The zero-order valence-electron chi connectivity index (χ0n) is 18.3. The molecule has 0 bridgehead atoms. The predicted molar refractivity (Wildman–Crippen MR) is 130 cm³/mol. The number of hydrogen-bond donors (Lipinski definition) is 1. The first-order valence-corrected chi connectivity index (χ1v) is 11.9. The number of nitrogens with zero attached hydrogens (tertiary/aromatic N) is 4. The van der Waals surface area contributed by atoms with Gasteiger partial charge in [0.15, 0.2) is 4.84 Å². The van der Waals surface area contributed by atoms with E-state index < -0.39 is 10.7 Å². The number of alkyl halides is 2. The molecule has 1 N–H and O–H groups in total. The average Bonchev–Trinajstić information content (AvgIpc) is 3.25. The largest absolute Gasteiger partial charge is 0.370 e. The molecule has 2 amide bonds. The molecule has 2 saturated heterocycles. The van der Waals surface area contributed by atoms with Crippen LogP contribution in [-0.2, 0) is 11.8 Å². The lowest BCUT2D eigenvalue weighted by Crippen LogP contribution is -2.49. The number of anilines is 3. The average molecular weight is 478 g/mol. The Morgan fingerprint density at radius 2 is 1.66 bits per heavy atom. The lowest BCUT2D eigenvalue weighted by atomic mass is 10.1. The predicted octanol–water partition coefficient (Wildman–Crippen LogP) is 3.72. The van der Waals surface area contributed by atoms with E-state index in [4.69, 9.17) is 23.2 Å². The molecule has 0 aliphatic carbocycles. The number of nitrogens with one attached hydrogen (secondary N) is 1. The normalized spacial score (nSPS) is 17.1. The van der Waals surface area contributed by atoms with Crippen LogP contribution in [0, 0.1) is 0 Å². The molecule has 4 rings (SSSR count). The molecular weight excluding hydrogens is 449 g/mol. The fourth-order valence-corrected chi connectivity index (χ4v) is 4.53. The van der Waals surface area contributed by atoms with Crippen LogP contribution in [0.5, 0.6) is 0 Å². The Bertz CT molecular complexity index is 963. The molecule has 2 fully saturated rings. The lowest BCUT2D eigenvalue weighted by Gasteiger charge is -2.37. The molecule has 1 aromatic carbocycles. The first-order valence-electron chi connectivity index (χ1n) is 11.1. The molecule has 0 radical (unpaired) electrons. The number of carbonyl (C=O) groups excluding carboxylic acids is 2. The summed E-state index contributed by atoms with van der Waals surface area (Å²) in [4.78, 5) is 30.3. The van der Waals surface area contributed by atoms with E-state index >= 15 is 0 Å².